The molecule has 2 aromatic carbocycles. The molecular weight excluding hydrogens is 381 g/mol. The SMILES string of the molecule is O=C(N/C=C/c1ccc(F)cc1)Nc1cc(C(F)(F)F)cc(C(F)(F)F)c1. The Kier molecular flexibility index (Phi) is 5.77. The number of hydrogen-bond donors (Lipinski definition) is 2. The number of rotatable bonds is 3. The van der Waals surface area contributed by atoms with Crippen LogP contribution in [0.25, 0.3) is 6.08 Å². The van der Waals surface area contributed by atoms with Gasteiger partial charge in [-0.15, -0.1) is 0 Å². The number of nitrogens with one attached hydrogen (secondary N) is 2. The van der Waals surface area contributed by atoms with Gasteiger partial charge in [0.1, 0.15) is 5.82 Å². The van der Waals surface area contributed by atoms with Crippen LogP contribution in [0.15, 0.2) is 48.7 Å². The van der Waals surface area contributed by atoms with Crippen LogP contribution in [0.1, 0.15) is 16.7 Å². The molecule has 0 saturated heterocycles. The molecule has 3 nitrogen and oxygen atoms in total. The zero-order valence-corrected chi connectivity index (χ0v) is 13.3. The highest BCUT2D eigenvalue weighted by atomic mass is 19.4. The summed E-state index contributed by atoms with van der Waals surface area (Å²) in [6.45, 7) is 0. The molecule has 2 amide bonds. The van der Waals surface area contributed by atoms with Crippen LogP contribution in [-0.2, 0) is 12.4 Å². The van der Waals surface area contributed by atoms with E-state index in [0.29, 0.717) is 17.7 Å². The summed E-state index contributed by atoms with van der Waals surface area (Å²) in [5.41, 5.74) is -3.26. The number of carbonyl (C=O) groups excluding carboxylic acids is 1. The van der Waals surface area contributed by atoms with Gasteiger partial charge in [-0.05, 0) is 42.0 Å². The van der Waals surface area contributed by atoms with Gasteiger partial charge in [-0.3, -0.25) is 0 Å². The monoisotopic (exact) mass is 392 g/mol. The van der Waals surface area contributed by atoms with Gasteiger partial charge in [-0.2, -0.15) is 26.3 Å². The number of carbonyl (C=O) groups is 1. The summed E-state index contributed by atoms with van der Waals surface area (Å²) in [5, 5.41) is 4.02. The van der Waals surface area contributed by atoms with Crippen LogP contribution in [0, 0.1) is 5.82 Å². The van der Waals surface area contributed by atoms with Crippen LogP contribution in [0.5, 0.6) is 0 Å². The number of amides is 2. The van der Waals surface area contributed by atoms with E-state index in [1.165, 1.54) is 30.3 Å². The smallest absolute Gasteiger partial charge is 0.314 e. The molecule has 2 aromatic rings. The summed E-state index contributed by atoms with van der Waals surface area (Å²) < 4.78 is 89.3. The number of hydrogen-bond acceptors (Lipinski definition) is 1. The molecule has 0 atom stereocenters. The second-order valence-corrected chi connectivity index (χ2v) is 5.28. The Morgan fingerprint density at radius 3 is 1.85 bits per heavy atom. The van der Waals surface area contributed by atoms with Crippen molar-refractivity contribution in [3.63, 3.8) is 0 Å². The van der Waals surface area contributed by atoms with Crippen LogP contribution in [-0.4, -0.2) is 6.03 Å². The van der Waals surface area contributed by atoms with Crippen molar-refractivity contribution >= 4 is 17.8 Å². The van der Waals surface area contributed by atoms with Crippen LogP contribution >= 0.6 is 0 Å². The Balaban J connectivity index is 2.13. The Morgan fingerprint density at radius 2 is 1.37 bits per heavy atom. The fraction of sp³-hybridized carbons (Fsp3) is 0.118. The van der Waals surface area contributed by atoms with Crippen LogP contribution in [0.3, 0.4) is 0 Å². The van der Waals surface area contributed by atoms with Gasteiger partial charge in [0.2, 0.25) is 0 Å². The zero-order chi connectivity index (χ0) is 20.2. The quantitative estimate of drug-likeness (QED) is 0.651. The van der Waals surface area contributed by atoms with E-state index in [0.717, 1.165) is 6.20 Å². The largest absolute Gasteiger partial charge is 0.416 e. The lowest BCUT2D eigenvalue weighted by Gasteiger charge is -2.14. The van der Waals surface area contributed by atoms with E-state index in [1.807, 2.05) is 5.32 Å². The van der Waals surface area contributed by atoms with Crippen molar-refractivity contribution in [1.82, 2.24) is 5.32 Å². The van der Waals surface area contributed by atoms with Gasteiger partial charge in [0, 0.05) is 11.9 Å². The zero-order valence-electron chi connectivity index (χ0n) is 13.3. The molecule has 2 N–H and O–H groups in total. The Morgan fingerprint density at radius 1 is 0.852 bits per heavy atom. The molecule has 0 aromatic heterocycles. The highest BCUT2D eigenvalue weighted by Crippen LogP contribution is 2.37. The summed E-state index contributed by atoms with van der Waals surface area (Å²) in [7, 11) is 0. The van der Waals surface area contributed by atoms with E-state index in [4.69, 9.17) is 0 Å². The summed E-state index contributed by atoms with van der Waals surface area (Å²) in [5.74, 6) is -0.470. The molecule has 0 spiro atoms. The Labute approximate surface area is 148 Å². The third-order valence-electron chi connectivity index (χ3n) is 3.21. The summed E-state index contributed by atoms with van der Waals surface area (Å²) in [6, 6.07) is 4.80. The first-order valence-corrected chi connectivity index (χ1v) is 7.24. The molecule has 144 valence electrons. The minimum atomic E-state index is -5.02. The normalized spacial score (nSPS) is 12.3. The topological polar surface area (TPSA) is 41.1 Å². The third kappa shape index (κ3) is 6.01. The van der Waals surface area contributed by atoms with Crippen molar-refractivity contribution in [2.24, 2.45) is 0 Å². The average Bonchev–Trinajstić information content (AvgIpc) is 2.55. The van der Waals surface area contributed by atoms with Crippen molar-refractivity contribution in [2.75, 3.05) is 5.32 Å². The molecular formula is C17H11F7N2O. The van der Waals surface area contributed by atoms with Crippen molar-refractivity contribution in [1.29, 1.82) is 0 Å². The average molecular weight is 392 g/mol. The van der Waals surface area contributed by atoms with Gasteiger partial charge in [0.05, 0.1) is 11.1 Å². The first kappa shape index (κ1) is 20.3. The van der Waals surface area contributed by atoms with Crippen molar-refractivity contribution in [2.45, 2.75) is 12.4 Å². The van der Waals surface area contributed by atoms with Crippen LogP contribution in [0.2, 0.25) is 0 Å². The maximum Gasteiger partial charge on any atom is 0.416 e. The molecule has 27 heavy (non-hydrogen) atoms. The summed E-state index contributed by atoms with van der Waals surface area (Å²) in [6.07, 6.45) is -7.58. The lowest BCUT2D eigenvalue weighted by atomic mass is 10.1. The van der Waals surface area contributed by atoms with E-state index in [9.17, 15) is 35.5 Å². The fourth-order valence-corrected chi connectivity index (χ4v) is 1.98. The maximum absolute atomic E-state index is 12.8. The standard InChI is InChI=1S/C17H11F7N2O/c18-13-3-1-10(2-4-13)5-6-25-15(27)26-14-8-11(16(19,20)21)7-12(9-14)17(22,23)24/h1-9H,(H2,25,26,27)/b6-5+. The maximum atomic E-state index is 12.8. The van der Waals surface area contributed by atoms with Gasteiger partial charge >= 0.3 is 18.4 Å². The molecule has 0 aliphatic heterocycles. The highest BCUT2D eigenvalue weighted by Gasteiger charge is 2.37. The third-order valence-corrected chi connectivity index (χ3v) is 3.21. The number of urea groups is 1. The van der Waals surface area contributed by atoms with Gasteiger partial charge in [-0.1, -0.05) is 12.1 Å². The van der Waals surface area contributed by atoms with Gasteiger partial charge in [0.15, 0.2) is 0 Å². The second-order valence-electron chi connectivity index (χ2n) is 5.28. The molecule has 2 rings (SSSR count). The fourth-order valence-electron chi connectivity index (χ4n) is 1.98. The number of halogens is 7. The first-order chi connectivity index (χ1) is 12.4. The predicted octanol–water partition coefficient (Wildman–Crippen LogP) is 5.66. The van der Waals surface area contributed by atoms with Gasteiger partial charge in [-0.25, -0.2) is 9.18 Å². The molecule has 0 fully saturated rings. The first-order valence-electron chi connectivity index (χ1n) is 7.24. The van der Waals surface area contributed by atoms with Crippen molar-refractivity contribution in [3.8, 4) is 0 Å². The minimum absolute atomic E-state index is 0.0441. The second kappa shape index (κ2) is 7.68. The summed E-state index contributed by atoms with van der Waals surface area (Å²) >= 11 is 0. The van der Waals surface area contributed by atoms with Crippen molar-refractivity contribution in [3.05, 3.63) is 71.2 Å². The van der Waals surface area contributed by atoms with E-state index in [-0.39, 0.29) is 6.07 Å². The molecule has 0 aliphatic rings. The number of anilines is 1. The minimum Gasteiger partial charge on any atom is -0.314 e. The Bertz CT molecular complexity index is 808. The molecule has 0 saturated carbocycles. The van der Waals surface area contributed by atoms with E-state index < -0.39 is 41.0 Å². The molecule has 0 aliphatic carbocycles. The Hall–Kier alpha value is -3.04. The van der Waals surface area contributed by atoms with E-state index in [1.54, 1.807) is 0 Å². The number of benzene rings is 2. The predicted molar refractivity (Wildman–Crippen MR) is 84.0 cm³/mol. The molecule has 0 bridgehead atoms. The van der Waals surface area contributed by atoms with E-state index >= 15 is 0 Å². The molecule has 10 heteroatoms. The molecule has 0 radical (unpaired) electrons. The molecule has 0 unspecified atom stereocenters. The highest BCUT2D eigenvalue weighted by molar-refractivity contribution is 5.90. The lowest BCUT2D eigenvalue weighted by Crippen LogP contribution is -2.24. The van der Waals surface area contributed by atoms with Gasteiger partial charge in [0.25, 0.3) is 0 Å². The van der Waals surface area contributed by atoms with Crippen LogP contribution in [0.4, 0.5) is 41.2 Å². The number of alkyl halides is 6. The van der Waals surface area contributed by atoms with Gasteiger partial charge < -0.3 is 10.6 Å². The lowest BCUT2D eigenvalue weighted by molar-refractivity contribution is -0.143. The van der Waals surface area contributed by atoms with Crippen LogP contribution < -0.4 is 10.6 Å². The van der Waals surface area contributed by atoms with Crippen molar-refractivity contribution < 1.29 is 35.5 Å². The molecule has 0 heterocycles. The summed E-state index contributed by atoms with van der Waals surface area (Å²) in [4.78, 5) is 11.7. The van der Waals surface area contributed by atoms with E-state index in [2.05, 4.69) is 5.32 Å².